The molecule has 2 aromatic rings. The van der Waals surface area contributed by atoms with Gasteiger partial charge in [0.25, 0.3) is 17.8 Å². The Morgan fingerprint density at radius 1 is 0.935 bits per heavy atom. The van der Waals surface area contributed by atoms with Gasteiger partial charge in [-0.05, 0) is 24.3 Å². The number of carboxylic acid groups (broad SMARTS) is 1. The van der Waals surface area contributed by atoms with Gasteiger partial charge in [-0.15, -0.1) is 0 Å². The first-order chi connectivity index (χ1) is 14.8. The average molecular weight is 426 g/mol. The first-order valence-electron chi connectivity index (χ1n) is 9.67. The molecule has 4 N–H and O–H groups in total. The van der Waals surface area contributed by atoms with Crippen LogP contribution in [0.4, 0.5) is 0 Å². The molecule has 0 atom stereocenters. The molecule has 1 fully saturated rings. The third-order valence-corrected chi connectivity index (χ3v) is 4.47. The molecular weight excluding hydrogens is 400 g/mol. The van der Waals surface area contributed by atoms with Gasteiger partial charge >= 0.3 is 0 Å². The van der Waals surface area contributed by atoms with Gasteiger partial charge in [-0.2, -0.15) is 0 Å². The third-order valence-electron chi connectivity index (χ3n) is 4.47. The van der Waals surface area contributed by atoms with Crippen LogP contribution in [0.2, 0.25) is 0 Å². The fourth-order valence-electron chi connectivity index (χ4n) is 2.89. The lowest BCUT2D eigenvalue weighted by Crippen LogP contribution is -2.51. The first kappa shape index (κ1) is 23.4. The van der Waals surface area contributed by atoms with Crippen molar-refractivity contribution in [3.05, 3.63) is 65.7 Å². The summed E-state index contributed by atoms with van der Waals surface area (Å²) >= 11 is 0. The van der Waals surface area contributed by atoms with Crippen LogP contribution < -0.4 is 10.5 Å². The number of aliphatic carboxylic acids is 1. The van der Waals surface area contributed by atoms with Crippen LogP contribution in [0.5, 0.6) is 5.75 Å². The molecule has 0 aromatic heterocycles. The molecule has 9 heteroatoms. The van der Waals surface area contributed by atoms with E-state index < -0.39 is 5.97 Å². The molecule has 1 aliphatic rings. The zero-order valence-electron chi connectivity index (χ0n) is 17.3. The molecule has 9 nitrogen and oxygen atoms in total. The number of amides is 2. The molecule has 1 heterocycles. The number of ether oxygens (including phenoxy) is 1. The van der Waals surface area contributed by atoms with E-state index in [9.17, 15) is 9.59 Å². The van der Waals surface area contributed by atoms with Crippen molar-refractivity contribution in [1.82, 2.24) is 9.80 Å². The molecule has 2 amide bonds. The topological polar surface area (TPSA) is 137 Å². The summed E-state index contributed by atoms with van der Waals surface area (Å²) in [5.41, 5.74) is 6.56. The highest BCUT2D eigenvalue weighted by molar-refractivity contribution is 5.98. The highest BCUT2D eigenvalue weighted by Gasteiger charge is 2.25. The lowest BCUT2D eigenvalue weighted by Gasteiger charge is -2.34. The standard InChI is InChI=1S/C20H22N4O3.C2H4O2/c21-19(22)15-6-8-16(9-7-15)20(26)24-12-10-23(11-13-24)18(25)14-27-17-4-2-1-3-5-17;1-2(3)4/h1-9H,10-14H2,(H3,21,22);1H3,(H,3,4). The molecule has 0 radical (unpaired) electrons. The van der Waals surface area contributed by atoms with Crippen molar-refractivity contribution in [1.29, 1.82) is 5.41 Å². The Kier molecular flexibility index (Phi) is 8.56. The van der Waals surface area contributed by atoms with Crippen LogP contribution in [-0.4, -0.2) is 71.3 Å². The Morgan fingerprint density at radius 3 is 1.94 bits per heavy atom. The molecular formula is C22H26N4O5. The SMILES string of the molecule is CC(=O)O.N=C(N)c1ccc(C(=O)N2CCN(C(=O)COc3ccccc3)CC2)cc1. The number of carbonyl (C=O) groups excluding carboxylic acids is 2. The van der Waals surface area contributed by atoms with E-state index in [4.69, 9.17) is 25.8 Å². The zero-order valence-corrected chi connectivity index (χ0v) is 17.3. The number of rotatable bonds is 5. The molecule has 2 aromatic carbocycles. The highest BCUT2D eigenvalue weighted by atomic mass is 16.5. The number of benzene rings is 2. The maximum atomic E-state index is 12.6. The van der Waals surface area contributed by atoms with Crippen molar-refractivity contribution in [2.75, 3.05) is 32.8 Å². The van der Waals surface area contributed by atoms with Crippen LogP contribution in [0.1, 0.15) is 22.8 Å². The minimum absolute atomic E-state index is 0.00946. The Bertz CT molecular complexity index is 903. The number of nitrogens with two attached hydrogens (primary N) is 1. The molecule has 31 heavy (non-hydrogen) atoms. The van der Waals surface area contributed by atoms with Gasteiger partial charge in [0, 0.05) is 44.2 Å². The van der Waals surface area contributed by atoms with Gasteiger partial charge in [-0.1, -0.05) is 30.3 Å². The van der Waals surface area contributed by atoms with Crippen molar-refractivity contribution >= 4 is 23.6 Å². The molecule has 164 valence electrons. The van der Waals surface area contributed by atoms with Crippen LogP contribution in [0.25, 0.3) is 0 Å². The van der Waals surface area contributed by atoms with Gasteiger partial charge < -0.3 is 25.4 Å². The van der Waals surface area contributed by atoms with E-state index in [1.807, 2.05) is 18.2 Å². The molecule has 0 unspecified atom stereocenters. The monoisotopic (exact) mass is 426 g/mol. The third kappa shape index (κ3) is 7.46. The number of hydrogen-bond acceptors (Lipinski definition) is 5. The van der Waals surface area contributed by atoms with E-state index in [2.05, 4.69) is 0 Å². The predicted octanol–water partition coefficient (Wildman–Crippen LogP) is 1.42. The van der Waals surface area contributed by atoms with E-state index in [0.29, 0.717) is 43.1 Å². The smallest absolute Gasteiger partial charge is 0.300 e. The maximum Gasteiger partial charge on any atom is 0.300 e. The Labute approximate surface area is 180 Å². The van der Waals surface area contributed by atoms with Crippen molar-refractivity contribution in [3.63, 3.8) is 0 Å². The summed E-state index contributed by atoms with van der Waals surface area (Å²) in [6.07, 6.45) is 0. The van der Waals surface area contributed by atoms with Crippen LogP contribution in [0.15, 0.2) is 54.6 Å². The van der Waals surface area contributed by atoms with Crippen LogP contribution in [-0.2, 0) is 9.59 Å². The van der Waals surface area contributed by atoms with E-state index in [0.717, 1.165) is 6.92 Å². The fraction of sp³-hybridized carbons (Fsp3) is 0.273. The van der Waals surface area contributed by atoms with Gasteiger partial charge in [0.15, 0.2) is 6.61 Å². The number of amidine groups is 1. The lowest BCUT2D eigenvalue weighted by molar-refractivity contribution is -0.135. The van der Waals surface area contributed by atoms with Gasteiger partial charge in [-0.3, -0.25) is 19.8 Å². The fourth-order valence-corrected chi connectivity index (χ4v) is 2.89. The van der Waals surface area contributed by atoms with E-state index >= 15 is 0 Å². The Morgan fingerprint density at radius 2 is 1.42 bits per heavy atom. The van der Waals surface area contributed by atoms with E-state index in [1.54, 1.807) is 46.2 Å². The molecule has 1 saturated heterocycles. The second-order valence-electron chi connectivity index (χ2n) is 6.78. The number of hydrogen-bond donors (Lipinski definition) is 3. The molecule has 0 spiro atoms. The largest absolute Gasteiger partial charge is 0.484 e. The maximum absolute atomic E-state index is 12.6. The van der Waals surface area contributed by atoms with Gasteiger partial charge in [0.2, 0.25) is 0 Å². The van der Waals surface area contributed by atoms with Gasteiger partial charge in [0.05, 0.1) is 0 Å². The number of nitrogens with one attached hydrogen (secondary N) is 1. The average Bonchev–Trinajstić information content (AvgIpc) is 2.77. The summed E-state index contributed by atoms with van der Waals surface area (Å²) in [4.78, 5) is 37.3. The summed E-state index contributed by atoms with van der Waals surface area (Å²) in [6.45, 7) is 2.99. The van der Waals surface area contributed by atoms with Crippen molar-refractivity contribution < 1.29 is 24.2 Å². The number of carboxylic acids is 1. The minimum atomic E-state index is -0.833. The van der Waals surface area contributed by atoms with Crippen molar-refractivity contribution in [2.24, 2.45) is 5.73 Å². The van der Waals surface area contributed by atoms with E-state index in [1.165, 1.54) is 0 Å². The first-order valence-corrected chi connectivity index (χ1v) is 9.67. The quantitative estimate of drug-likeness (QED) is 0.489. The van der Waals surface area contributed by atoms with Crippen molar-refractivity contribution in [3.8, 4) is 5.75 Å². The Hall–Kier alpha value is -3.88. The summed E-state index contributed by atoms with van der Waals surface area (Å²) in [6, 6.07) is 15.9. The van der Waals surface area contributed by atoms with Crippen LogP contribution in [0.3, 0.4) is 0 Å². The van der Waals surface area contributed by atoms with Gasteiger partial charge in [0.1, 0.15) is 11.6 Å². The number of nitrogens with zero attached hydrogens (tertiary/aromatic N) is 2. The van der Waals surface area contributed by atoms with Crippen molar-refractivity contribution in [2.45, 2.75) is 6.92 Å². The summed E-state index contributed by atoms with van der Waals surface area (Å²) in [5, 5.41) is 14.8. The molecule has 3 rings (SSSR count). The minimum Gasteiger partial charge on any atom is -0.484 e. The Balaban J connectivity index is 0.000000785. The van der Waals surface area contributed by atoms with Gasteiger partial charge in [-0.25, -0.2) is 0 Å². The number of nitrogen functional groups attached to an aromatic ring is 1. The summed E-state index contributed by atoms with van der Waals surface area (Å²) < 4.78 is 5.50. The molecule has 0 saturated carbocycles. The highest BCUT2D eigenvalue weighted by Crippen LogP contribution is 2.12. The second-order valence-corrected chi connectivity index (χ2v) is 6.78. The lowest BCUT2D eigenvalue weighted by atomic mass is 10.1. The van der Waals surface area contributed by atoms with Crippen LogP contribution >= 0.6 is 0 Å². The predicted molar refractivity (Wildman–Crippen MR) is 115 cm³/mol. The second kappa shape index (κ2) is 11.3. The molecule has 0 bridgehead atoms. The molecule has 0 aliphatic carbocycles. The number of carbonyl (C=O) groups is 3. The summed E-state index contributed by atoms with van der Waals surface area (Å²) in [5.74, 6) is -0.373. The normalized spacial score (nSPS) is 12.9. The molecule has 1 aliphatic heterocycles. The number of para-hydroxylation sites is 1. The van der Waals surface area contributed by atoms with Crippen LogP contribution in [0, 0.1) is 5.41 Å². The zero-order chi connectivity index (χ0) is 22.8. The number of piperazine rings is 1. The summed E-state index contributed by atoms with van der Waals surface area (Å²) in [7, 11) is 0. The van der Waals surface area contributed by atoms with E-state index in [-0.39, 0.29) is 24.3 Å².